The van der Waals surface area contributed by atoms with Crippen molar-refractivity contribution in [3.05, 3.63) is 29.8 Å². The molecule has 1 aromatic carbocycles. The van der Waals surface area contributed by atoms with E-state index in [1.165, 1.54) is 0 Å². The molecule has 1 fully saturated rings. The number of piperidine rings is 1. The van der Waals surface area contributed by atoms with Gasteiger partial charge in [-0.1, -0.05) is 12.1 Å². The minimum atomic E-state index is 0.116. The van der Waals surface area contributed by atoms with Crippen molar-refractivity contribution in [2.24, 2.45) is 5.92 Å². The quantitative estimate of drug-likeness (QED) is 0.833. The van der Waals surface area contributed by atoms with Gasteiger partial charge in [-0.2, -0.15) is 5.26 Å². The summed E-state index contributed by atoms with van der Waals surface area (Å²) in [5.41, 5.74) is 0.994. The van der Waals surface area contributed by atoms with Crippen LogP contribution in [0.3, 0.4) is 0 Å². The Morgan fingerprint density at radius 3 is 2.53 bits per heavy atom. The summed E-state index contributed by atoms with van der Waals surface area (Å²) in [6.45, 7) is 1.40. The lowest BCUT2D eigenvalue weighted by Gasteiger charge is -2.29. The standard InChI is InChI=1S/C15H18N2O2/c1-19-14-4-2-12(3-5-14)10-15(18)17-8-6-13(11-16)7-9-17/h2-5,13H,6-10H2,1H3. The summed E-state index contributed by atoms with van der Waals surface area (Å²) >= 11 is 0. The van der Waals surface area contributed by atoms with Crippen LogP contribution < -0.4 is 4.74 Å². The molecule has 0 aromatic heterocycles. The average molecular weight is 258 g/mol. The summed E-state index contributed by atoms with van der Waals surface area (Å²) in [5, 5.41) is 8.84. The monoisotopic (exact) mass is 258 g/mol. The molecule has 2 rings (SSSR count). The summed E-state index contributed by atoms with van der Waals surface area (Å²) < 4.78 is 5.09. The number of nitrogens with zero attached hydrogens (tertiary/aromatic N) is 2. The summed E-state index contributed by atoms with van der Waals surface area (Å²) in [6, 6.07) is 9.84. The van der Waals surface area contributed by atoms with Gasteiger partial charge in [0, 0.05) is 19.0 Å². The number of carbonyl (C=O) groups excluding carboxylic acids is 1. The van der Waals surface area contributed by atoms with E-state index in [2.05, 4.69) is 6.07 Å². The lowest BCUT2D eigenvalue weighted by molar-refractivity contribution is -0.131. The molecule has 0 radical (unpaired) electrons. The van der Waals surface area contributed by atoms with Crippen LogP contribution in [0.5, 0.6) is 5.75 Å². The zero-order chi connectivity index (χ0) is 13.7. The van der Waals surface area contributed by atoms with Crippen LogP contribution in [0.25, 0.3) is 0 Å². The number of benzene rings is 1. The van der Waals surface area contributed by atoms with Crippen molar-refractivity contribution < 1.29 is 9.53 Å². The number of methoxy groups -OCH3 is 1. The van der Waals surface area contributed by atoms with Gasteiger partial charge in [-0.3, -0.25) is 4.79 Å². The number of likely N-dealkylation sites (tertiary alicyclic amines) is 1. The van der Waals surface area contributed by atoms with E-state index in [-0.39, 0.29) is 11.8 Å². The smallest absolute Gasteiger partial charge is 0.226 e. The lowest BCUT2D eigenvalue weighted by Crippen LogP contribution is -2.39. The minimum Gasteiger partial charge on any atom is -0.497 e. The predicted octanol–water partition coefficient (Wildman–Crippen LogP) is 2.00. The second-order valence-electron chi connectivity index (χ2n) is 4.81. The summed E-state index contributed by atoms with van der Waals surface area (Å²) in [5.74, 6) is 1.05. The molecular formula is C15H18N2O2. The van der Waals surface area contributed by atoms with Crippen LogP contribution in [0.2, 0.25) is 0 Å². The normalized spacial score (nSPS) is 15.9. The molecule has 19 heavy (non-hydrogen) atoms. The fraction of sp³-hybridized carbons (Fsp3) is 0.467. The van der Waals surface area contributed by atoms with Crippen LogP contribution in [-0.2, 0) is 11.2 Å². The number of carbonyl (C=O) groups is 1. The van der Waals surface area contributed by atoms with Crippen molar-refractivity contribution in [1.29, 1.82) is 5.26 Å². The minimum absolute atomic E-state index is 0.116. The number of hydrogen-bond acceptors (Lipinski definition) is 3. The summed E-state index contributed by atoms with van der Waals surface area (Å²) in [7, 11) is 1.62. The molecule has 0 spiro atoms. The molecule has 1 aliphatic rings. The molecule has 1 amide bonds. The van der Waals surface area contributed by atoms with E-state index in [1.54, 1.807) is 7.11 Å². The SMILES string of the molecule is COc1ccc(CC(=O)N2CCC(C#N)CC2)cc1. The Morgan fingerprint density at radius 1 is 1.37 bits per heavy atom. The van der Waals surface area contributed by atoms with Crippen LogP contribution in [0, 0.1) is 17.2 Å². The molecule has 0 saturated carbocycles. The highest BCUT2D eigenvalue weighted by Gasteiger charge is 2.22. The maximum Gasteiger partial charge on any atom is 0.226 e. The van der Waals surface area contributed by atoms with Gasteiger partial charge in [0.05, 0.1) is 19.6 Å². The van der Waals surface area contributed by atoms with E-state index >= 15 is 0 Å². The van der Waals surface area contributed by atoms with Crippen molar-refractivity contribution in [1.82, 2.24) is 4.90 Å². The highest BCUT2D eigenvalue weighted by Crippen LogP contribution is 2.18. The molecule has 0 N–H and O–H groups in total. The van der Waals surface area contributed by atoms with Gasteiger partial charge >= 0.3 is 0 Å². The third-order valence-corrected chi connectivity index (χ3v) is 3.54. The summed E-state index contributed by atoms with van der Waals surface area (Å²) in [4.78, 5) is 14.0. The predicted molar refractivity (Wildman–Crippen MR) is 71.6 cm³/mol. The molecule has 100 valence electrons. The molecule has 0 aliphatic carbocycles. The number of hydrogen-bond donors (Lipinski definition) is 0. The van der Waals surface area contributed by atoms with E-state index < -0.39 is 0 Å². The first-order valence-electron chi connectivity index (χ1n) is 6.53. The first kappa shape index (κ1) is 13.4. The maximum absolute atomic E-state index is 12.1. The molecular weight excluding hydrogens is 240 g/mol. The van der Waals surface area contributed by atoms with Gasteiger partial charge in [0.25, 0.3) is 0 Å². The largest absolute Gasteiger partial charge is 0.497 e. The third-order valence-electron chi connectivity index (χ3n) is 3.54. The highest BCUT2D eigenvalue weighted by molar-refractivity contribution is 5.78. The zero-order valence-corrected chi connectivity index (χ0v) is 11.1. The second kappa shape index (κ2) is 6.24. The molecule has 1 aliphatic heterocycles. The molecule has 1 aromatic rings. The molecule has 0 atom stereocenters. The highest BCUT2D eigenvalue weighted by atomic mass is 16.5. The Bertz CT molecular complexity index is 468. The maximum atomic E-state index is 12.1. The van der Waals surface area contributed by atoms with Crippen LogP contribution >= 0.6 is 0 Å². The van der Waals surface area contributed by atoms with Gasteiger partial charge in [0.15, 0.2) is 0 Å². The molecule has 0 unspecified atom stereocenters. The van der Waals surface area contributed by atoms with Crippen molar-refractivity contribution in [3.63, 3.8) is 0 Å². The van der Waals surface area contributed by atoms with Crippen LogP contribution in [0.15, 0.2) is 24.3 Å². The average Bonchev–Trinajstić information content (AvgIpc) is 2.48. The van der Waals surface area contributed by atoms with Gasteiger partial charge in [-0.05, 0) is 30.5 Å². The fourth-order valence-electron chi connectivity index (χ4n) is 2.29. The van der Waals surface area contributed by atoms with Gasteiger partial charge in [-0.15, -0.1) is 0 Å². The van der Waals surface area contributed by atoms with Crippen LogP contribution in [0.1, 0.15) is 18.4 Å². The molecule has 4 heteroatoms. The second-order valence-corrected chi connectivity index (χ2v) is 4.81. The third kappa shape index (κ3) is 3.47. The Kier molecular flexibility index (Phi) is 4.40. The molecule has 1 heterocycles. The molecule has 1 saturated heterocycles. The van der Waals surface area contributed by atoms with Crippen LogP contribution in [-0.4, -0.2) is 31.0 Å². The molecule has 4 nitrogen and oxygen atoms in total. The van der Waals surface area contributed by atoms with Gasteiger partial charge in [0.1, 0.15) is 5.75 Å². The first-order chi connectivity index (χ1) is 9.22. The summed E-state index contributed by atoms with van der Waals surface area (Å²) in [6.07, 6.45) is 2.01. The molecule has 0 bridgehead atoms. The number of nitriles is 1. The van der Waals surface area contributed by atoms with Crippen molar-refractivity contribution in [2.45, 2.75) is 19.3 Å². The Balaban J connectivity index is 1.89. The van der Waals surface area contributed by atoms with E-state index in [1.807, 2.05) is 29.2 Å². The zero-order valence-electron chi connectivity index (χ0n) is 11.1. The first-order valence-corrected chi connectivity index (χ1v) is 6.53. The van der Waals surface area contributed by atoms with Crippen molar-refractivity contribution in [3.8, 4) is 11.8 Å². The van der Waals surface area contributed by atoms with Gasteiger partial charge in [-0.25, -0.2) is 0 Å². The van der Waals surface area contributed by atoms with Gasteiger partial charge < -0.3 is 9.64 Å². The number of rotatable bonds is 3. The lowest BCUT2D eigenvalue weighted by atomic mass is 9.98. The topological polar surface area (TPSA) is 53.3 Å². The Hall–Kier alpha value is -2.02. The van der Waals surface area contributed by atoms with Crippen molar-refractivity contribution >= 4 is 5.91 Å². The van der Waals surface area contributed by atoms with Gasteiger partial charge in [0.2, 0.25) is 5.91 Å². The van der Waals surface area contributed by atoms with Crippen molar-refractivity contribution in [2.75, 3.05) is 20.2 Å². The Labute approximate surface area is 113 Å². The fourth-order valence-corrected chi connectivity index (χ4v) is 2.29. The van der Waals surface area contributed by atoms with Crippen LogP contribution in [0.4, 0.5) is 0 Å². The van der Waals surface area contributed by atoms with E-state index in [4.69, 9.17) is 10.00 Å². The number of amides is 1. The van der Waals surface area contributed by atoms with E-state index in [0.717, 1.165) is 24.2 Å². The number of ether oxygens (including phenoxy) is 1. The van der Waals surface area contributed by atoms with E-state index in [9.17, 15) is 4.79 Å². The Morgan fingerprint density at radius 2 is 2.00 bits per heavy atom. The van der Waals surface area contributed by atoms with E-state index in [0.29, 0.717) is 19.5 Å².